The number of nitrogens with zero attached hydrogens (tertiary/aromatic N) is 3. The molecule has 1 aliphatic carbocycles. The molecular formula is C31H41ClN4S. The van der Waals surface area contributed by atoms with Crippen molar-refractivity contribution in [3.63, 3.8) is 0 Å². The zero-order chi connectivity index (χ0) is 26.0. The van der Waals surface area contributed by atoms with E-state index in [9.17, 15) is 0 Å². The molecule has 37 heavy (non-hydrogen) atoms. The topological polar surface area (TPSA) is 23.4 Å². The fraction of sp³-hybridized carbons (Fsp3) is 0.452. The van der Waals surface area contributed by atoms with E-state index in [0.717, 1.165) is 60.9 Å². The maximum absolute atomic E-state index is 6.10. The Bertz CT molecular complexity index is 1120. The molecule has 0 bridgehead atoms. The molecule has 1 aromatic heterocycles. The van der Waals surface area contributed by atoms with Gasteiger partial charge in [0.15, 0.2) is 5.11 Å². The highest BCUT2D eigenvalue weighted by atomic mass is 35.5. The minimum atomic E-state index is 0.737. The number of hydrogen-bond acceptors (Lipinski definition) is 2. The summed E-state index contributed by atoms with van der Waals surface area (Å²) < 4.78 is 2.31. The van der Waals surface area contributed by atoms with Crippen molar-refractivity contribution in [1.29, 1.82) is 0 Å². The summed E-state index contributed by atoms with van der Waals surface area (Å²) in [5, 5.41) is 5.08. The summed E-state index contributed by atoms with van der Waals surface area (Å²) in [7, 11) is 2.30. The zero-order valence-corrected chi connectivity index (χ0v) is 23.9. The Morgan fingerprint density at radius 1 is 1.00 bits per heavy atom. The van der Waals surface area contributed by atoms with E-state index in [0.29, 0.717) is 0 Å². The first-order chi connectivity index (χ1) is 18.0. The summed E-state index contributed by atoms with van der Waals surface area (Å²) in [6, 6.07) is 21.7. The van der Waals surface area contributed by atoms with Gasteiger partial charge in [0, 0.05) is 41.7 Å². The van der Waals surface area contributed by atoms with Crippen LogP contribution in [0.15, 0.2) is 66.9 Å². The van der Waals surface area contributed by atoms with Gasteiger partial charge in [-0.15, -0.1) is 0 Å². The van der Waals surface area contributed by atoms with Crippen molar-refractivity contribution in [3.05, 3.63) is 88.7 Å². The van der Waals surface area contributed by atoms with Crippen LogP contribution in [0, 0.1) is 0 Å². The van der Waals surface area contributed by atoms with Gasteiger partial charge in [-0.3, -0.25) is 0 Å². The number of halogens is 1. The normalized spacial score (nSPS) is 14.2. The Balaban J connectivity index is 1.44. The van der Waals surface area contributed by atoms with Crippen LogP contribution >= 0.6 is 23.8 Å². The maximum Gasteiger partial charge on any atom is 0.173 e. The highest BCUT2D eigenvalue weighted by Gasteiger charge is 2.19. The van der Waals surface area contributed by atoms with Gasteiger partial charge >= 0.3 is 0 Å². The number of aryl methyl sites for hydroxylation is 1. The molecule has 1 N–H and O–H groups in total. The first-order valence-corrected chi connectivity index (χ1v) is 14.5. The predicted octanol–water partition coefficient (Wildman–Crippen LogP) is 7.61. The molecule has 0 aliphatic heterocycles. The van der Waals surface area contributed by atoms with Crippen molar-refractivity contribution in [2.24, 2.45) is 0 Å². The summed E-state index contributed by atoms with van der Waals surface area (Å²) in [4.78, 5) is 4.90. The van der Waals surface area contributed by atoms with E-state index >= 15 is 0 Å². The van der Waals surface area contributed by atoms with Crippen LogP contribution in [0.25, 0.3) is 0 Å². The lowest BCUT2D eigenvalue weighted by Crippen LogP contribution is -2.39. The van der Waals surface area contributed by atoms with Crippen LogP contribution in [0.1, 0.15) is 62.3 Å². The number of thiocarbonyl (C=S) groups is 1. The summed E-state index contributed by atoms with van der Waals surface area (Å²) in [6.45, 7) is 5.79. The zero-order valence-electron chi connectivity index (χ0n) is 22.3. The molecule has 0 unspecified atom stereocenters. The van der Waals surface area contributed by atoms with Gasteiger partial charge in [-0.1, -0.05) is 62.1 Å². The molecular weight excluding hydrogens is 496 g/mol. The van der Waals surface area contributed by atoms with Gasteiger partial charge in [0.1, 0.15) is 0 Å². The quantitative estimate of drug-likeness (QED) is 0.255. The largest absolute Gasteiger partial charge is 0.345 e. The lowest BCUT2D eigenvalue weighted by atomic mass is 9.94. The number of rotatable bonds is 11. The van der Waals surface area contributed by atoms with E-state index in [1.807, 2.05) is 12.1 Å². The minimum Gasteiger partial charge on any atom is -0.345 e. The standard InChI is InChI=1S/C31H41ClN4S/c1-3-25-10-7-11-28(22-25)33-31(37)36(21-9-19-34(2)29-12-5-4-6-13-29)24-30-14-8-20-35(30)23-26-15-17-27(32)18-16-26/h7-8,10-11,14-18,20,22,29H,3-6,9,12-13,19,21,23-24H2,1-2H3,(H,33,37). The van der Waals surface area contributed by atoms with Crippen LogP contribution in [-0.4, -0.2) is 45.7 Å². The summed E-state index contributed by atoms with van der Waals surface area (Å²) in [5.74, 6) is 0. The van der Waals surface area contributed by atoms with Crippen LogP contribution in [0.4, 0.5) is 5.69 Å². The third-order valence-electron chi connectivity index (χ3n) is 7.55. The average Bonchev–Trinajstić information content (AvgIpc) is 3.36. The number of anilines is 1. The van der Waals surface area contributed by atoms with Gasteiger partial charge in [0.25, 0.3) is 0 Å². The molecule has 0 amide bonds. The van der Waals surface area contributed by atoms with Gasteiger partial charge in [-0.2, -0.15) is 0 Å². The van der Waals surface area contributed by atoms with E-state index in [4.69, 9.17) is 23.8 Å². The molecule has 1 heterocycles. The predicted molar refractivity (Wildman–Crippen MR) is 162 cm³/mol. The molecule has 198 valence electrons. The lowest BCUT2D eigenvalue weighted by Gasteiger charge is -2.32. The van der Waals surface area contributed by atoms with E-state index < -0.39 is 0 Å². The second-order valence-electron chi connectivity index (χ2n) is 10.3. The van der Waals surface area contributed by atoms with Crippen molar-refractivity contribution in [1.82, 2.24) is 14.4 Å². The fourth-order valence-electron chi connectivity index (χ4n) is 5.27. The molecule has 1 saturated carbocycles. The molecule has 3 aromatic rings. The molecule has 0 saturated heterocycles. The molecule has 2 aromatic carbocycles. The van der Waals surface area contributed by atoms with Gasteiger partial charge in [0.05, 0.1) is 6.54 Å². The molecule has 1 aliphatic rings. The van der Waals surface area contributed by atoms with Crippen molar-refractivity contribution >= 4 is 34.6 Å². The third-order valence-corrected chi connectivity index (χ3v) is 8.17. The highest BCUT2D eigenvalue weighted by molar-refractivity contribution is 7.80. The Labute approximate surface area is 233 Å². The van der Waals surface area contributed by atoms with Crippen molar-refractivity contribution in [2.45, 2.75) is 71.0 Å². The Morgan fingerprint density at radius 2 is 1.78 bits per heavy atom. The van der Waals surface area contributed by atoms with Gasteiger partial charge < -0.3 is 19.7 Å². The molecule has 4 rings (SSSR count). The summed E-state index contributed by atoms with van der Waals surface area (Å²) in [5.41, 5.74) is 4.86. The van der Waals surface area contributed by atoms with E-state index in [2.05, 4.69) is 88.4 Å². The SMILES string of the molecule is CCc1cccc(NC(=S)N(CCCN(C)C2CCCCC2)Cc2cccn2Cc2ccc(Cl)cc2)c1. The van der Waals surface area contributed by atoms with Gasteiger partial charge in [0.2, 0.25) is 0 Å². The van der Waals surface area contributed by atoms with E-state index in [1.165, 1.54) is 48.9 Å². The minimum absolute atomic E-state index is 0.737. The lowest BCUT2D eigenvalue weighted by molar-refractivity contribution is 0.185. The van der Waals surface area contributed by atoms with Crippen molar-refractivity contribution < 1.29 is 0 Å². The molecule has 0 atom stereocenters. The van der Waals surface area contributed by atoms with Crippen molar-refractivity contribution in [2.75, 3.05) is 25.5 Å². The van der Waals surface area contributed by atoms with Crippen molar-refractivity contribution in [3.8, 4) is 0 Å². The van der Waals surface area contributed by atoms with Crippen LogP contribution in [0.2, 0.25) is 5.02 Å². The second kappa shape index (κ2) is 14.0. The Hall–Kier alpha value is -2.34. The first kappa shape index (κ1) is 27.7. The summed E-state index contributed by atoms with van der Waals surface area (Å²) in [6.07, 6.45) is 11.1. The monoisotopic (exact) mass is 536 g/mol. The molecule has 6 heteroatoms. The average molecular weight is 537 g/mol. The number of hydrogen-bond donors (Lipinski definition) is 1. The second-order valence-corrected chi connectivity index (χ2v) is 11.1. The van der Waals surface area contributed by atoms with E-state index in [-0.39, 0.29) is 0 Å². The molecule has 1 fully saturated rings. The van der Waals surface area contributed by atoms with Crippen LogP contribution in [0.5, 0.6) is 0 Å². The van der Waals surface area contributed by atoms with Gasteiger partial charge in [-0.05, 0) is 99.0 Å². The molecule has 4 nitrogen and oxygen atoms in total. The van der Waals surface area contributed by atoms with Crippen LogP contribution < -0.4 is 5.32 Å². The Morgan fingerprint density at radius 3 is 2.54 bits per heavy atom. The fourth-order valence-corrected chi connectivity index (χ4v) is 5.67. The summed E-state index contributed by atoms with van der Waals surface area (Å²) >= 11 is 12.1. The number of benzene rings is 2. The first-order valence-electron chi connectivity index (χ1n) is 13.8. The molecule has 0 spiro atoms. The third kappa shape index (κ3) is 8.33. The molecule has 0 radical (unpaired) electrons. The highest BCUT2D eigenvalue weighted by Crippen LogP contribution is 2.22. The van der Waals surface area contributed by atoms with Crippen LogP contribution in [0.3, 0.4) is 0 Å². The maximum atomic E-state index is 6.10. The number of nitrogens with one attached hydrogen (secondary N) is 1. The van der Waals surface area contributed by atoms with Crippen LogP contribution in [-0.2, 0) is 19.5 Å². The number of aromatic nitrogens is 1. The van der Waals surface area contributed by atoms with Gasteiger partial charge in [-0.25, -0.2) is 0 Å². The Kier molecular flexibility index (Phi) is 10.5. The smallest absolute Gasteiger partial charge is 0.173 e. The van der Waals surface area contributed by atoms with E-state index in [1.54, 1.807) is 0 Å².